The second-order valence-electron chi connectivity index (χ2n) is 5.41. The van der Waals surface area contributed by atoms with Crippen LogP contribution in [0.2, 0.25) is 0 Å². The van der Waals surface area contributed by atoms with Gasteiger partial charge in [0.05, 0.1) is 19.3 Å². The third-order valence-electron chi connectivity index (χ3n) is 3.59. The molecule has 0 fully saturated rings. The van der Waals surface area contributed by atoms with E-state index in [0.717, 1.165) is 17.2 Å². The van der Waals surface area contributed by atoms with Crippen molar-refractivity contribution in [3.63, 3.8) is 0 Å². The maximum Gasteiger partial charge on any atom is 0.191 e. The van der Waals surface area contributed by atoms with Crippen molar-refractivity contribution in [1.82, 2.24) is 15.6 Å². The molecule has 2 aromatic rings. The second-order valence-corrected chi connectivity index (χ2v) is 5.41. The van der Waals surface area contributed by atoms with Crippen molar-refractivity contribution in [2.75, 3.05) is 33.4 Å². The lowest BCUT2D eigenvalue weighted by Gasteiger charge is -2.27. The quantitative estimate of drug-likeness (QED) is 0.470. The highest BCUT2D eigenvalue weighted by molar-refractivity contribution is 5.79. The summed E-state index contributed by atoms with van der Waals surface area (Å²) in [6.07, 6.45) is 3.33. The molecule has 7 heteroatoms. The molecule has 1 atom stereocenters. The average molecular weight is 342 g/mol. The van der Waals surface area contributed by atoms with Gasteiger partial charge in [-0.1, -0.05) is 12.1 Å². The first-order valence-corrected chi connectivity index (χ1v) is 8.21. The predicted molar refractivity (Wildman–Crippen MR) is 95.4 cm³/mol. The Kier molecular flexibility index (Phi) is 5.92. The molecule has 0 aliphatic carbocycles. The first kappa shape index (κ1) is 16.9. The maximum absolute atomic E-state index is 5.91. The van der Waals surface area contributed by atoms with Crippen LogP contribution in [0.4, 0.5) is 0 Å². The van der Waals surface area contributed by atoms with Gasteiger partial charge in [-0.05, 0) is 24.3 Å². The lowest BCUT2D eigenvalue weighted by atomic mass is 10.2. The molecule has 7 nitrogen and oxygen atoms in total. The molecular weight excluding hydrogens is 320 g/mol. The molecule has 1 aromatic carbocycles. The number of ether oxygens (including phenoxy) is 3. The normalized spacial score (nSPS) is 16.2. The van der Waals surface area contributed by atoms with Gasteiger partial charge in [-0.2, -0.15) is 0 Å². The first-order chi connectivity index (χ1) is 12.3. The molecule has 0 spiro atoms. The minimum absolute atomic E-state index is 0.0694. The zero-order valence-corrected chi connectivity index (χ0v) is 14.1. The number of fused-ring (bicyclic) bond motifs is 1. The molecular formula is C18H22N4O3. The van der Waals surface area contributed by atoms with Gasteiger partial charge in [0.25, 0.3) is 0 Å². The van der Waals surface area contributed by atoms with Crippen LogP contribution in [0.25, 0.3) is 0 Å². The lowest BCUT2D eigenvalue weighted by molar-refractivity contribution is 0.0936. The van der Waals surface area contributed by atoms with Gasteiger partial charge in [0.15, 0.2) is 17.5 Å². The summed E-state index contributed by atoms with van der Waals surface area (Å²) in [7, 11) is 1.73. The fraction of sp³-hybridized carbons (Fsp3) is 0.333. The van der Waals surface area contributed by atoms with E-state index in [4.69, 9.17) is 14.2 Å². The van der Waals surface area contributed by atoms with Gasteiger partial charge in [-0.25, -0.2) is 0 Å². The number of benzene rings is 1. The molecule has 0 saturated heterocycles. The van der Waals surface area contributed by atoms with Gasteiger partial charge in [0, 0.05) is 13.2 Å². The van der Waals surface area contributed by atoms with Crippen molar-refractivity contribution in [2.24, 2.45) is 4.99 Å². The van der Waals surface area contributed by atoms with Crippen molar-refractivity contribution in [2.45, 2.75) is 6.10 Å². The van der Waals surface area contributed by atoms with Crippen LogP contribution in [0.1, 0.15) is 0 Å². The summed E-state index contributed by atoms with van der Waals surface area (Å²) in [6.45, 7) is 2.24. The van der Waals surface area contributed by atoms with Crippen molar-refractivity contribution in [1.29, 1.82) is 0 Å². The minimum atomic E-state index is -0.0694. The monoisotopic (exact) mass is 342 g/mol. The van der Waals surface area contributed by atoms with Crippen molar-refractivity contribution in [3.8, 4) is 17.2 Å². The van der Waals surface area contributed by atoms with Crippen LogP contribution < -0.4 is 24.8 Å². The number of hydrogen-bond donors (Lipinski definition) is 2. The summed E-state index contributed by atoms with van der Waals surface area (Å²) in [6, 6.07) is 11.4. The van der Waals surface area contributed by atoms with Gasteiger partial charge in [-0.15, -0.1) is 0 Å². The van der Waals surface area contributed by atoms with Crippen LogP contribution in [0.3, 0.4) is 0 Å². The van der Waals surface area contributed by atoms with Gasteiger partial charge in [0.2, 0.25) is 0 Å². The Morgan fingerprint density at radius 1 is 1.24 bits per heavy atom. The van der Waals surface area contributed by atoms with Gasteiger partial charge in [-0.3, -0.25) is 9.98 Å². The zero-order chi connectivity index (χ0) is 17.3. The molecule has 3 rings (SSSR count). The lowest BCUT2D eigenvalue weighted by Crippen LogP contribution is -2.46. The number of guanidine groups is 1. The highest BCUT2D eigenvalue weighted by atomic mass is 16.6. The summed E-state index contributed by atoms with van der Waals surface area (Å²) in [5.41, 5.74) is 0. The fourth-order valence-corrected chi connectivity index (χ4v) is 2.37. The third kappa shape index (κ3) is 5.00. The molecule has 0 radical (unpaired) electrons. The molecule has 0 saturated carbocycles. The summed E-state index contributed by atoms with van der Waals surface area (Å²) in [5.74, 6) is 3.00. The first-order valence-electron chi connectivity index (χ1n) is 8.21. The van der Waals surface area contributed by atoms with Crippen molar-refractivity contribution < 1.29 is 14.2 Å². The second kappa shape index (κ2) is 8.77. The maximum atomic E-state index is 5.91. The zero-order valence-electron chi connectivity index (χ0n) is 14.1. The highest BCUT2D eigenvalue weighted by Gasteiger charge is 2.20. The van der Waals surface area contributed by atoms with Crippen LogP contribution in [-0.4, -0.2) is 50.4 Å². The van der Waals surface area contributed by atoms with E-state index in [-0.39, 0.29) is 6.10 Å². The minimum Gasteiger partial charge on any atom is -0.490 e. The molecule has 2 N–H and O–H groups in total. The van der Waals surface area contributed by atoms with Gasteiger partial charge < -0.3 is 24.8 Å². The number of hydrogen-bond acceptors (Lipinski definition) is 5. The third-order valence-corrected chi connectivity index (χ3v) is 3.59. The summed E-state index contributed by atoms with van der Waals surface area (Å²) in [5, 5.41) is 6.43. The van der Waals surface area contributed by atoms with E-state index < -0.39 is 0 Å². The summed E-state index contributed by atoms with van der Waals surface area (Å²) in [4.78, 5) is 8.20. The number of rotatable bonds is 6. The van der Waals surface area contributed by atoms with E-state index in [1.54, 1.807) is 19.4 Å². The molecule has 1 aromatic heterocycles. The predicted octanol–water partition coefficient (Wildman–Crippen LogP) is 1.47. The van der Waals surface area contributed by atoms with Crippen LogP contribution in [0, 0.1) is 0 Å². The Morgan fingerprint density at radius 2 is 2.12 bits per heavy atom. The number of nitrogens with zero attached hydrogens (tertiary/aromatic N) is 2. The number of pyridine rings is 1. The molecule has 0 bridgehead atoms. The van der Waals surface area contributed by atoms with Crippen LogP contribution in [0.5, 0.6) is 17.2 Å². The van der Waals surface area contributed by atoms with E-state index in [2.05, 4.69) is 20.6 Å². The molecule has 2 heterocycles. The SMILES string of the molecule is CN=C(NCCOc1cccnc1)NCC1COc2ccccc2O1. The molecule has 132 valence electrons. The Hall–Kier alpha value is -2.96. The molecule has 1 aliphatic rings. The van der Waals surface area contributed by atoms with Crippen LogP contribution in [0.15, 0.2) is 53.8 Å². The van der Waals surface area contributed by atoms with E-state index in [1.807, 2.05) is 36.4 Å². The summed E-state index contributed by atoms with van der Waals surface area (Å²) >= 11 is 0. The highest BCUT2D eigenvalue weighted by Crippen LogP contribution is 2.30. The Labute approximate surface area is 147 Å². The Bertz CT molecular complexity index is 694. The molecule has 0 amide bonds. The molecule has 1 aliphatic heterocycles. The van der Waals surface area contributed by atoms with Crippen LogP contribution >= 0.6 is 0 Å². The van der Waals surface area contributed by atoms with E-state index in [1.165, 1.54) is 0 Å². The number of aromatic nitrogens is 1. The topological polar surface area (TPSA) is 77.0 Å². The standard InChI is InChI=1S/C18H22N4O3/c1-19-18(21-9-10-23-14-5-4-8-20-11-14)22-12-15-13-24-16-6-2-3-7-17(16)25-15/h2-8,11,15H,9-10,12-13H2,1H3,(H2,19,21,22). The van der Waals surface area contributed by atoms with Gasteiger partial charge in [0.1, 0.15) is 25.1 Å². The van der Waals surface area contributed by atoms with Crippen LogP contribution in [-0.2, 0) is 0 Å². The molecule has 1 unspecified atom stereocenters. The summed E-state index contributed by atoms with van der Waals surface area (Å²) < 4.78 is 17.2. The van der Waals surface area contributed by atoms with Crippen molar-refractivity contribution in [3.05, 3.63) is 48.8 Å². The van der Waals surface area contributed by atoms with E-state index in [0.29, 0.717) is 32.3 Å². The van der Waals surface area contributed by atoms with E-state index in [9.17, 15) is 0 Å². The largest absolute Gasteiger partial charge is 0.490 e. The number of para-hydroxylation sites is 2. The fourth-order valence-electron chi connectivity index (χ4n) is 2.37. The van der Waals surface area contributed by atoms with Crippen molar-refractivity contribution >= 4 is 5.96 Å². The number of nitrogens with one attached hydrogen (secondary N) is 2. The van der Waals surface area contributed by atoms with E-state index >= 15 is 0 Å². The Balaban J connectivity index is 1.37. The molecule has 25 heavy (non-hydrogen) atoms. The van der Waals surface area contributed by atoms with Gasteiger partial charge >= 0.3 is 0 Å². The smallest absolute Gasteiger partial charge is 0.191 e. The Morgan fingerprint density at radius 3 is 2.92 bits per heavy atom. The number of aliphatic imine (C=N–C) groups is 1. The average Bonchev–Trinajstić information content (AvgIpc) is 2.68.